The summed E-state index contributed by atoms with van der Waals surface area (Å²) >= 11 is 3.38. The highest BCUT2D eigenvalue weighted by molar-refractivity contribution is 9.10. The maximum Gasteiger partial charge on any atom is 0.414 e. The quantitative estimate of drug-likeness (QED) is 0.674. The van der Waals surface area contributed by atoms with Crippen molar-refractivity contribution >= 4 is 27.7 Å². The summed E-state index contributed by atoms with van der Waals surface area (Å²) in [4.78, 5) is 18.4. The fourth-order valence-electron chi connectivity index (χ4n) is 2.12. The molecule has 0 saturated carbocycles. The van der Waals surface area contributed by atoms with Crippen LogP contribution in [0.4, 0.5) is 10.5 Å². The summed E-state index contributed by atoms with van der Waals surface area (Å²) in [5, 5.41) is 0. The van der Waals surface area contributed by atoms with E-state index in [4.69, 9.17) is 4.74 Å². The standard InChI is InChI=1S/C14H19BrN2O2/c1-9-7-8-17(13(18)19-14(2,3)4)10-5-6-11(15)16-12(9)10/h5-6,9H,7-8H2,1-4H3/t9-/m1/s1. The molecule has 19 heavy (non-hydrogen) atoms. The highest BCUT2D eigenvalue weighted by Crippen LogP contribution is 2.35. The Hall–Kier alpha value is -1.10. The van der Waals surface area contributed by atoms with Crippen molar-refractivity contribution in [2.75, 3.05) is 11.4 Å². The average molecular weight is 327 g/mol. The molecule has 1 aliphatic heterocycles. The topological polar surface area (TPSA) is 42.4 Å². The van der Waals surface area contributed by atoms with E-state index in [2.05, 4.69) is 27.8 Å². The number of aromatic nitrogens is 1. The van der Waals surface area contributed by atoms with Crippen molar-refractivity contribution in [3.8, 4) is 0 Å². The van der Waals surface area contributed by atoms with Gasteiger partial charge in [0.1, 0.15) is 10.2 Å². The Bertz CT molecular complexity index is 497. The van der Waals surface area contributed by atoms with Crippen molar-refractivity contribution in [1.82, 2.24) is 4.98 Å². The molecule has 1 atom stereocenters. The van der Waals surface area contributed by atoms with Gasteiger partial charge < -0.3 is 4.74 Å². The van der Waals surface area contributed by atoms with Crippen LogP contribution < -0.4 is 4.90 Å². The molecule has 0 N–H and O–H groups in total. The van der Waals surface area contributed by atoms with Crippen molar-refractivity contribution < 1.29 is 9.53 Å². The normalized spacial score (nSPS) is 19.0. The van der Waals surface area contributed by atoms with Gasteiger partial charge in [0, 0.05) is 12.5 Å². The van der Waals surface area contributed by atoms with Crippen molar-refractivity contribution in [2.24, 2.45) is 0 Å². The second-order valence-electron chi connectivity index (χ2n) is 5.86. The molecular formula is C14H19BrN2O2. The molecule has 2 heterocycles. The molecule has 0 saturated heterocycles. The summed E-state index contributed by atoms with van der Waals surface area (Å²) in [5.74, 6) is 0.353. The Morgan fingerprint density at radius 1 is 1.47 bits per heavy atom. The first-order valence-electron chi connectivity index (χ1n) is 6.45. The van der Waals surface area contributed by atoms with E-state index in [9.17, 15) is 4.79 Å². The van der Waals surface area contributed by atoms with E-state index in [1.807, 2.05) is 32.9 Å². The fourth-order valence-corrected chi connectivity index (χ4v) is 2.44. The molecule has 5 heteroatoms. The number of ether oxygens (including phenoxy) is 1. The van der Waals surface area contributed by atoms with E-state index in [1.54, 1.807) is 4.90 Å². The van der Waals surface area contributed by atoms with Crippen LogP contribution >= 0.6 is 15.9 Å². The van der Waals surface area contributed by atoms with Crippen LogP contribution in [0.5, 0.6) is 0 Å². The van der Waals surface area contributed by atoms with Gasteiger partial charge in [0.15, 0.2) is 0 Å². The molecule has 0 radical (unpaired) electrons. The molecule has 2 rings (SSSR count). The van der Waals surface area contributed by atoms with Gasteiger partial charge in [-0.05, 0) is 55.3 Å². The molecule has 0 aromatic carbocycles. The third kappa shape index (κ3) is 3.26. The third-order valence-corrected chi connectivity index (χ3v) is 3.47. The summed E-state index contributed by atoms with van der Waals surface area (Å²) in [6, 6.07) is 3.78. The zero-order valence-corrected chi connectivity index (χ0v) is 13.3. The monoisotopic (exact) mass is 326 g/mol. The summed E-state index contributed by atoms with van der Waals surface area (Å²) in [5.41, 5.74) is 1.33. The third-order valence-electron chi connectivity index (χ3n) is 3.03. The second kappa shape index (κ2) is 5.12. The zero-order chi connectivity index (χ0) is 14.2. The molecule has 0 aliphatic carbocycles. The Balaban J connectivity index is 2.31. The molecule has 1 aromatic heterocycles. The maximum absolute atomic E-state index is 12.2. The molecule has 1 aliphatic rings. The first-order chi connectivity index (χ1) is 8.78. The number of hydrogen-bond acceptors (Lipinski definition) is 3. The molecule has 0 bridgehead atoms. The maximum atomic E-state index is 12.2. The number of halogens is 1. The van der Waals surface area contributed by atoms with Crippen LogP contribution in [-0.4, -0.2) is 23.2 Å². The van der Waals surface area contributed by atoms with Crippen LogP contribution in [0.2, 0.25) is 0 Å². The summed E-state index contributed by atoms with van der Waals surface area (Å²) < 4.78 is 6.24. The molecule has 104 valence electrons. The molecule has 0 fully saturated rings. The van der Waals surface area contributed by atoms with Crippen LogP contribution in [0.25, 0.3) is 0 Å². The van der Waals surface area contributed by atoms with Crippen molar-refractivity contribution in [2.45, 2.75) is 45.6 Å². The number of anilines is 1. The summed E-state index contributed by atoms with van der Waals surface area (Å²) in [6.45, 7) is 8.42. The van der Waals surface area contributed by atoms with Gasteiger partial charge in [-0.3, -0.25) is 4.90 Å². The SMILES string of the molecule is C[C@@H]1CCN(C(=O)OC(C)(C)C)c2ccc(Br)nc21. The van der Waals surface area contributed by atoms with E-state index in [-0.39, 0.29) is 6.09 Å². The number of nitrogens with zero attached hydrogens (tertiary/aromatic N) is 2. The Kier molecular flexibility index (Phi) is 3.85. The number of pyridine rings is 1. The number of amides is 1. The second-order valence-corrected chi connectivity index (χ2v) is 6.67. The molecule has 4 nitrogen and oxygen atoms in total. The average Bonchev–Trinajstić information content (AvgIpc) is 2.27. The molecule has 1 aromatic rings. The molecule has 0 unspecified atom stereocenters. The predicted octanol–water partition coefficient (Wildman–Crippen LogP) is 4.09. The smallest absolute Gasteiger partial charge is 0.414 e. The van der Waals surface area contributed by atoms with Gasteiger partial charge in [-0.15, -0.1) is 0 Å². The minimum Gasteiger partial charge on any atom is -0.443 e. The lowest BCUT2D eigenvalue weighted by Gasteiger charge is -2.33. The van der Waals surface area contributed by atoms with Crippen LogP contribution in [0.3, 0.4) is 0 Å². The Labute approximate surface area is 122 Å². The fraction of sp³-hybridized carbons (Fsp3) is 0.571. The largest absolute Gasteiger partial charge is 0.443 e. The molecular weight excluding hydrogens is 308 g/mol. The van der Waals surface area contributed by atoms with E-state index >= 15 is 0 Å². The minimum absolute atomic E-state index is 0.301. The lowest BCUT2D eigenvalue weighted by atomic mass is 9.97. The highest BCUT2D eigenvalue weighted by Gasteiger charge is 2.30. The van der Waals surface area contributed by atoms with E-state index in [1.165, 1.54) is 0 Å². The number of fused-ring (bicyclic) bond motifs is 1. The van der Waals surface area contributed by atoms with E-state index in [0.29, 0.717) is 12.5 Å². The summed E-state index contributed by atoms with van der Waals surface area (Å²) in [7, 11) is 0. The highest BCUT2D eigenvalue weighted by atomic mass is 79.9. The van der Waals surface area contributed by atoms with Crippen LogP contribution in [0.15, 0.2) is 16.7 Å². The van der Waals surface area contributed by atoms with Crippen molar-refractivity contribution in [3.63, 3.8) is 0 Å². The number of carbonyl (C=O) groups is 1. The van der Waals surface area contributed by atoms with Crippen molar-refractivity contribution in [3.05, 3.63) is 22.4 Å². The molecule has 0 spiro atoms. The van der Waals surface area contributed by atoms with Gasteiger partial charge in [0.25, 0.3) is 0 Å². The van der Waals surface area contributed by atoms with Gasteiger partial charge in [0.05, 0.1) is 11.4 Å². The van der Waals surface area contributed by atoms with Crippen LogP contribution in [0, 0.1) is 0 Å². The minimum atomic E-state index is -0.483. The van der Waals surface area contributed by atoms with Gasteiger partial charge in [-0.25, -0.2) is 9.78 Å². The van der Waals surface area contributed by atoms with Gasteiger partial charge in [0.2, 0.25) is 0 Å². The van der Waals surface area contributed by atoms with Crippen LogP contribution in [0.1, 0.15) is 45.7 Å². The van der Waals surface area contributed by atoms with E-state index < -0.39 is 5.60 Å². The first kappa shape index (κ1) is 14.3. The lowest BCUT2D eigenvalue weighted by molar-refractivity contribution is 0.0576. The van der Waals surface area contributed by atoms with Gasteiger partial charge in [-0.2, -0.15) is 0 Å². The number of hydrogen-bond donors (Lipinski definition) is 0. The van der Waals surface area contributed by atoms with E-state index in [0.717, 1.165) is 22.4 Å². The number of rotatable bonds is 0. The van der Waals surface area contributed by atoms with Crippen molar-refractivity contribution in [1.29, 1.82) is 0 Å². The van der Waals surface area contributed by atoms with Gasteiger partial charge >= 0.3 is 6.09 Å². The van der Waals surface area contributed by atoms with Gasteiger partial charge in [-0.1, -0.05) is 6.92 Å². The summed E-state index contributed by atoms with van der Waals surface area (Å²) in [6.07, 6.45) is 0.597. The van der Waals surface area contributed by atoms with Crippen LogP contribution in [-0.2, 0) is 4.74 Å². The Morgan fingerprint density at radius 3 is 2.79 bits per heavy atom. The first-order valence-corrected chi connectivity index (χ1v) is 7.24. The number of carbonyl (C=O) groups excluding carboxylic acids is 1. The molecule has 1 amide bonds. The lowest BCUT2D eigenvalue weighted by Crippen LogP contribution is -2.40. The Morgan fingerprint density at radius 2 is 2.16 bits per heavy atom. The predicted molar refractivity (Wildman–Crippen MR) is 78.5 cm³/mol. The zero-order valence-electron chi connectivity index (χ0n) is 11.7.